The van der Waals surface area contributed by atoms with Gasteiger partial charge in [0.1, 0.15) is 0 Å². The first-order valence-electron chi connectivity index (χ1n) is 3.43. The highest BCUT2D eigenvalue weighted by molar-refractivity contribution is 4.92. The summed E-state index contributed by atoms with van der Waals surface area (Å²) in [6.45, 7) is 0. The van der Waals surface area contributed by atoms with Crippen LogP contribution in [0.2, 0.25) is 0 Å². The average molecular weight is 124 g/mol. The van der Waals surface area contributed by atoms with E-state index in [-0.39, 0.29) is 0 Å². The van der Waals surface area contributed by atoms with Crippen molar-refractivity contribution in [3.05, 3.63) is 0 Å². The monoisotopic (exact) mass is 124 g/mol. The van der Waals surface area contributed by atoms with E-state index in [0.717, 1.165) is 12.8 Å². The summed E-state index contributed by atoms with van der Waals surface area (Å²) in [5.74, 6) is 0.322. The molecule has 1 N–H and O–H groups in total. The summed E-state index contributed by atoms with van der Waals surface area (Å²) in [6.07, 6.45) is 3.31. The minimum absolute atomic E-state index is 0.322. The second-order valence-electron chi connectivity index (χ2n) is 2.62. The summed E-state index contributed by atoms with van der Waals surface area (Å²) in [4.78, 5) is 0. The summed E-state index contributed by atoms with van der Waals surface area (Å²) in [5.41, 5.74) is 0. The Morgan fingerprint density at radius 1 is 1.56 bits per heavy atom. The zero-order valence-corrected chi connectivity index (χ0v) is 5.72. The maximum Gasteiger partial charge on any atom is 0.0656 e. The SMILES string of the molecule is CNC1CCC(C#N)C1. The fourth-order valence-corrected chi connectivity index (χ4v) is 1.36. The zero-order valence-electron chi connectivity index (χ0n) is 5.72. The highest BCUT2D eigenvalue weighted by Crippen LogP contribution is 2.23. The van der Waals surface area contributed by atoms with Crippen molar-refractivity contribution in [2.24, 2.45) is 5.92 Å². The molecule has 1 fully saturated rings. The molecule has 2 heteroatoms. The molecule has 0 aromatic heterocycles. The molecular formula is C7H12N2. The molecule has 0 aliphatic heterocycles. The molecule has 9 heavy (non-hydrogen) atoms. The largest absolute Gasteiger partial charge is 0.317 e. The Morgan fingerprint density at radius 2 is 2.33 bits per heavy atom. The maximum absolute atomic E-state index is 8.50. The smallest absolute Gasteiger partial charge is 0.0656 e. The minimum Gasteiger partial charge on any atom is -0.317 e. The molecule has 0 heterocycles. The van der Waals surface area contributed by atoms with E-state index >= 15 is 0 Å². The Bertz CT molecular complexity index is 125. The van der Waals surface area contributed by atoms with Gasteiger partial charge in [0.15, 0.2) is 0 Å². The number of nitrogens with zero attached hydrogens (tertiary/aromatic N) is 1. The van der Waals surface area contributed by atoms with Crippen LogP contribution in [-0.2, 0) is 0 Å². The number of hydrogen-bond acceptors (Lipinski definition) is 2. The van der Waals surface area contributed by atoms with Gasteiger partial charge in [-0.2, -0.15) is 5.26 Å². The standard InChI is InChI=1S/C7H12N2/c1-9-7-3-2-6(4-7)5-8/h6-7,9H,2-4H2,1H3. The maximum atomic E-state index is 8.50. The molecule has 2 unspecified atom stereocenters. The molecule has 0 radical (unpaired) electrons. The van der Waals surface area contributed by atoms with Crippen molar-refractivity contribution in [2.45, 2.75) is 25.3 Å². The van der Waals surface area contributed by atoms with Crippen molar-refractivity contribution >= 4 is 0 Å². The van der Waals surface area contributed by atoms with E-state index in [4.69, 9.17) is 5.26 Å². The van der Waals surface area contributed by atoms with Gasteiger partial charge in [-0.3, -0.25) is 0 Å². The highest BCUT2D eigenvalue weighted by atomic mass is 14.9. The fourth-order valence-electron chi connectivity index (χ4n) is 1.36. The Hall–Kier alpha value is -0.550. The Labute approximate surface area is 55.9 Å². The molecule has 0 amide bonds. The summed E-state index contributed by atoms with van der Waals surface area (Å²) in [6, 6.07) is 2.89. The molecular weight excluding hydrogens is 112 g/mol. The third-order valence-corrected chi connectivity index (χ3v) is 2.02. The van der Waals surface area contributed by atoms with Gasteiger partial charge in [-0.1, -0.05) is 0 Å². The molecule has 2 nitrogen and oxygen atoms in total. The van der Waals surface area contributed by atoms with E-state index in [1.54, 1.807) is 0 Å². The van der Waals surface area contributed by atoms with Crippen LogP contribution in [0.1, 0.15) is 19.3 Å². The number of nitrogens with one attached hydrogen (secondary N) is 1. The molecule has 0 saturated heterocycles. The Kier molecular flexibility index (Phi) is 2.07. The lowest BCUT2D eigenvalue weighted by Crippen LogP contribution is -2.21. The molecule has 2 atom stereocenters. The van der Waals surface area contributed by atoms with E-state index in [1.165, 1.54) is 6.42 Å². The first kappa shape index (κ1) is 6.57. The van der Waals surface area contributed by atoms with Gasteiger partial charge in [-0.05, 0) is 26.3 Å². The zero-order chi connectivity index (χ0) is 6.69. The Morgan fingerprint density at radius 3 is 2.67 bits per heavy atom. The van der Waals surface area contributed by atoms with Gasteiger partial charge in [-0.25, -0.2) is 0 Å². The molecule has 1 saturated carbocycles. The van der Waals surface area contributed by atoms with Crippen LogP contribution < -0.4 is 5.32 Å². The van der Waals surface area contributed by atoms with Crippen molar-refractivity contribution in [2.75, 3.05) is 7.05 Å². The van der Waals surface area contributed by atoms with Gasteiger partial charge in [0.05, 0.1) is 6.07 Å². The summed E-state index contributed by atoms with van der Waals surface area (Å²) in [5, 5.41) is 11.7. The molecule has 1 aliphatic carbocycles. The quantitative estimate of drug-likeness (QED) is 0.563. The normalized spacial score (nSPS) is 34.2. The molecule has 1 rings (SSSR count). The highest BCUT2D eigenvalue weighted by Gasteiger charge is 2.22. The first-order chi connectivity index (χ1) is 4.36. The second-order valence-corrected chi connectivity index (χ2v) is 2.62. The molecule has 50 valence electrons. The third-order valence-electron chi connectivity index (χ3n) is 2.02. The Balaban J connectivity index is 2.31. The lowest BCUT2D eigenvalue weighted by molar-refractivity contribution is 0.567. The van der Waals surface area contributed by atoms with Gasteiger partial charge >= 0.3 is 0 Å². The third kappa shape index (κ3) is 1.43. The second kappa shape index (κ2) is 2.84. The van der Waals surface area contributed by atoms with Gasteiger partial charge < -0.3 is 5.32 Å². The van der Waals surface area contributed by atoms with E-state index in [1.807, 2.05) is 7.05 Å². The van der Waals surface area contributed by atoms with Crippen molar-refractivity contribution < 1.29 is 0 Å². The van der Waals surface area contributed by atoms with Crippen LogP contribution in [0.4, 0.5) is 0 Å². The molecule has 1 aliphatic rings. The van der Waals surface area contributed by atoms with Crippen molar-refractivity contribution in [1.29, 1.82) is 5.26 Å². The van der Waals surface area contributed by atoms with E-state index in [2.05, 4.69) is 11.4 Å². The summed E-state index contributed by atoms with van der Waals surface area (Å²) < 4.78 is 0. The molecule has 0 aromatic rings. The van der Waals surface area contributed by atoms with Crippen LogP contribution in [0.25, 0.3) is 0 Å². The molecule has 0 bridgehead atoms. The van der Waals surface area contributed by atoms with Crippen LogP contribution in [0.5, 0.6) is 0 Å². The molecule has 0 aromatic carbocycles. The average Bonchev–Trinajstić information content (AvgIpc) is 2.34. The lowest BCUT2D eigenvalue weighted by Gasteiger charge is -2.04. The first-order valence-corrected chi connectivity index (χ1v) is 3.43. The van der Waals surface area contributed by atoms with Crippen LogP contribution in [0, 0.1) is 17.2 Å². The van der Waals surface area contributed by atoms with Crippen molar-refractivity contribution in [3.8, 4) is 6.07 Å². The fraction of sp³-hybridized carbons (Fsp3) is 0.857. The predicted molar refractivity (Wildman–Crippen MR) is 35.8 cm³/mol. The van der Waals surface area contributed by atoms with E-state index in [9.17, 15) is 0 Å². The van der Waals surface area contributed by atoms with Crippen LogP contribution in [0.3, 0.4) is 0 Å². The van der Waals surface area contributed by atoms with Crippen LogP contribution in [0.15, 0.2) is 0 Å². The lowest BCUT2D eigenvalue weighted by atomic mass is 10.1. The topological polar surface area (TPSA) is 35.8 Å². The van der Waals surface area contributed by atoms with Gasteiger partial charge in [0, 0.05) is 12.0 Å². The summed E-state index contributed by atoms with van der Waals surface area (Å²) in [7, 11) is 1.96. The minimum atomic E-state index is 0.322. The van der Waals surface area contributed by atoms with Crippen LogP contribution in [-0.4, -0.2) is 13.1 Å². The number of rotatable bonds is 1. The van der Waals surface area contributed by atoms with Gasteiger partial charge in [-0.15, -0.1) is 0 Å². The van der Waals surface area contributed by atoms with Crippen molar-refractivity contribution in [1.82, 2.24) is 5.32 Å². The predicted octanol–water partition coefficient (Wildman–Crippen LogP) is 0.898. The number of hydrogen-bond donors (Lipinski definition) is 1. The van der Waals surface area contributed by atoms with E-state index < -0.39 is 0 Å². The van der Waals surface area contributed by atoms with Gasteiger partial charge in [0.2, 0.25) is 0 Å². The van der Waals surface area contributed by atoms with Crippen LogP contribution >= 0.6 is 0 Å². The molecule has 0 spiro atoms. The number of nitriles is 1. The van der Waals surface area contributed by atoms with Crippen molar-refractivity contribution in [3.63, 3.8) is 0 Å². The van der Waals surface area contributed by atoms with E-state index in [0.29, 0.717) is 12.0 Å². The summed E-state index contributed by atoms with van der Waals surface area (Å²) >= 11 is 0. The van der Waals surface area contributed by atoms with Gasteiger partial charge in [0.25, 0.3) is 0 Å².